The van der Waals surface area contributed by atoms with Gasteiger partial charge >= 0.3 is 5.97 Å². The highest BCUT2D eigenvalue weighted by atomic mass is 19.1. The molecule has 1 heterocycles. The van der Waals surface area contributed by atoms with Crippen LogP contribution in [0.4, 0.5) is 8.78 Å². The largest absolute Gasteiger partial charge is 0.486 e. The van der Waals surface area contributed by atoms with E-state index in [-0.39, 0.29) is 18.1 Å². The Hall–Kier alpha value is -2.37. The van der Waals surface area contributed by atoms with Crippen molar-refractivity contribution in [3.8, 4) is 5.75 Å². The summed E-state index contributed by atoms with van der Waals surface area (Å²) in [7, 11) is 1.22. The van der Waals surface area contributed by atoms with E-state index in [9.17, 15) is 13.6 Å². The van der Waals surface area contributed by atoms with Gasteiger partial charge in [0.1, 0.15) is 12.4 Å². The Kier molecular flexibility index (Phi) is 3.79. The zero-order valence-corrected chi connectivity index (χ0v) is 9.98. The smallest absolute Gasteiger partial charge is 0.374 e. The summed E-state index contributed by atoms with van der Waals surface area (Å²) < 4.78 is 40.7. The average molecular weight is 268 g/mol. The Bertz CT molecular complexity index is 592. The molecule has 0 saturated heterocycles. The number of ether oxygens (including phenoxy) is 2. The minimum Gasteiger partial charge on any atom is -0.486 e. The summed E-state index contributed by atoms with van der Waals surface area (Å²) in [6.45, 7) is -0.0938. The van der Waals surface area contributed by atoms with Crippen molar-refractivity contribution < 1.29 is 27.5 Å². The number of benzene rings is 1. The predicted octanol–water partition coefficient (Wildman–Crippen LogP) is 2.92. The number of methoxy groups -OCH3 is 1. The maximum absolute atomic E-state index is 13.3. The van der Waals surface area contributed by atoms with Gasteiger partial charge in [0.2, 0.25) is 5.76 Å². The summed E-state index contributed by atoms with van der Waals surface area (Å²) in [5, 5.41) is 0. The van der Waals surface area contributed by atoms with Crippen LogP contribution >= 0.6 is 0 Å². The van der Waals surface area contributed by atoms with Crippen molar-refractivity contribution in [3.05, 3.63) is 53.5 Å². The summed E-state index contributed by atoms with van der Waals surface area (Å²) in [6.07, 6.45) is 1.30. The Morgan fingerprint density at radius 2 is 2.11 bits per heavy atom. The fraction of sp³-hybridized carbons (Fsp3) is 0.154. The Labute approximate surface area is 107 Å². The third-order valence-electron chi connectivity index (χ3n) is 2.39. The maximum atomic E-state index is 13.3. The molecule has 1 aromatic carbocycles. The van der Waals surface area contributed by atoms with Gasteiger partial charge in [0.05, 0.1) is 13.4 Å². The summed E-state index contributed by atoms with van der Waals surface area (Å²) in [5.41, 5.74) is 0.413. The molecule has 0 aliphatic rings. The number of carbonyl (C=O) groups excluding carboxylic acids is 1. The SMILES string of the molecule is COC(=O)c1occc1COc1ccc(F)cc1F. The molecule has 0 amide bonds. The van der Waals surface area contributed by atoms with Crippen molar-refractivity contribution in [1.29, 1.82) is 0 Å². The molecule has 19 heavy (non-hydrogen) atoms. The summed E-state index contributed by atoms with van der Waals surface area (Å²) in [6, 6.07) is 4.47. The third-order valence-corrected chi connectivity index (χ3v) is 2.39. The number of furan rings is 1. The first kappa shape index (κ1) is 13.1. The van der Waals surface area contributed by atoms with Gasteiger partial charge in [0.15, 0.2) is 11.6 Å². The van der Waals surface area contributed by atoms with Gasteiger partial charge in [-0.25, -0.2) is 13.6 Å². The van der Waals surface area contributed by atoms with Gasteiger partial charge in [0.25, 0.3) is 0 Å². The highest BCUT2D eigenvalue weighted by Gasteiger charge is 2.16. The number of hydrogen-bond acceptors (Lipinski definition) is 4. The van der Waals surface area contributed by atoms with Crippen LogP contribution in [0.3, 0.4) is 0 Å². The number of halogens is 2. The lowest BCUT2D eigenvalue weighted by atomic mass is 10.2. The molecular weight excluding hydrogens is 258 g/mol. The lowest BCUT2D eigenvalue weighted by Crippen LogP contribution is -2.05. The Balaban J connectivity index is 2.10. The molecule has 0 aliphatic carbocycles. The van der Waals surface area contributed by atoms with Crippen LogP contribution in [-0.4, -0.2) is 13.1 Å². The molecular formula is C13H10F2O4. The fourth-order valence-corrected chi connectivity index (χ4v) is 1.47. The van der Waals surface area contributed by atoms with Gasteiger partial charge in [-0.1, -0.05) is 0 Å². The zero-order valence-electron chi connectivity index (χ0n) is 9.98. The number of esters is 1. The Morgan fingerprint density at radius 1 is 1.32 bits per heavy atom. The van der Waals surface area contributed by atoms with Crippen molar-refractivity contribution in [2.75, 3.05) is 7.11 Å². The topological polar surface area (TPSA) is 48.7 Å². The van der Waals surface area contributed by atoms with Crippen LogP contribution < -0.4 is 4.74 Å². The van der Waals surface area contributed by atoms with Crippen LogP contribution in [0.5, 0.6) is 5.75 Å². The predicted molar refractivity (Wildman–Crippen MR) is 60.7 cm³/mol. The van der Waals surface area contributed by atoms with E-state index < -0.39 is 17.6 Å². The van der Waals surface area contributed by atoms with E-state index in [4.69, 9.17) is 9.15 Å². The third kappa shape index (κ3) is 2.90. The highest BCUT2D eigenvalue weighted by Crippen LogP contribution is 2.20. The summed E-state index contributed by atoms with van der Waals surface area (Å²) in [5.74, 6) is -2.28. The second kappa shape index (κ2) is 5.51. The lowest BCUT2D eigenvalue weighted by Gasteiger charge is -2.06. The minimum atomic E-state index is -0.817. The van der Waals surface area contributed by atoms with E-state index in [2.05, 4.69) is 4.74 Å². The summed E-state index contributed by atoms with van der Waals surface area (Å²) in [4.78, 5) is 11.3. The minimum absolute atomic E-state index is 0.00924. The molecule has 0 atom stereocenters. The van der Waals surface area contributed by atoms with Crippen LogP contribution in [0.1, 0.15) is 16.1 Å². The van der Waals surface area contributed by atoms with Crippen LogP contribution in [-0.2, 0) is 11.3 Å². The van der Waals surface area contributed by atoms with E-state index in [1.54, 1.807) is 0 Å². The molecule has 100 valence electrons. The van der Waals surface area contributed by atoms with Gasteiger partial charge < -0.3 is 13.9 Å². The quantitative estimate of drug-likeness (QED) is 0.800. The number of hydrogen-bond donors (Lipinski definition) is 0. The van der Waals surface area contributed by atoms with Gasteiger partial charge in [0, 0.05) is 11.6 Å². The standard InChI is InChI=1S/C13H10F2O4/c1-17-13(16)12-8(4-5-18-12)7-19-11-3-2-9(14)6-10(11)15/h2-6H,7H2,1H3. The average Bonchev–Trinajstić information content (AvgIpc) is 2.85. The number of rotatable bonds is 4. The molecule has 0 saturated carbocycles. The molecule has 0 spiro atoms. The van der Waals surface area contributed by atoms with Crippen molar-refractivity contribution in [2.24, 2.45) is 0 Å². The molecule has 0 unspecified atom stereocenters. The summed E-state index contributed by atoms with van der Waals surface area (Å²) >= 11 is 0. The second-order valence-corrected chi connectivity index (χ2v) is 3.63. The van der Waals surface area contributed by atoms with Crippen LogP contribution in [0.15, 0.2) is 34.9 Å². The van der Waals surface area contributed by atoms with Crippen molar-refractivity contribution in [2.45, 2.75) is 6.61 Å². The number of carbonyl (C=O) groups is 1. The highest BCUT2D eigenvalue weighted by molar-refractivity contribution is 5.87. The van der Waals surface area contributed by atoms with Gasteiger partial charge in [-0.05, 0) is 18.2 Å². The molecule has 0 bridgehead atoms. The van der Waals surface area contributed by atoms with Crippen molar-refractivity contribution in [1.82, 2.24) is 0 Å². The first-order valence-corrected chi connectivity index (χ1v) is 5.34. The first-order chi connectivity index (χ1) is 9.11. The van der Waals surface area contributed by atoms with Gasteiger partial charge in [-0.3, -0.25) is 0 Å². The van der Waals surface area contributed by atoms with Crippen molar-refractivity contribution in [3.63, 3.8) is 0 Å². The molecule has 0 fully saturated rings. The lowest BCUT2D eigenvalue weighted by molar-refractivity contribution is 0.0561. The molecule has 6 heteroatoms. The molecule has 2 aromatic rings. The van der Waals surface area contributed by atoms with E-state index in [0.29, 0.717) is 11.6 Å². The van der Waals surface area contributed by atoms with Crippen LogP contribution in [0, 0.1) is 11.6 Å². The van der Waals surface area contributed by atoms with E-state index in [1.807, 2.05) is 0 Å². The fourth-order valence-electron chi connectivity index (χ4n) is 1.47. The molecule has 4 nitrogen and oxygen atoms in total. The van der Waals surface area contributed by atoms with Gasteiger partial charge in [-0.15, -0.1) is 0 Å². The Morgan fingerprint density at radius 3 is 2.79 bits per heavy atom. The van der Waals surface area contributed by atoms with E-state index >= 15 is 0 Å². The van der Waals surface area contributed by atoms with Crippen LogP contribution in [0.2, 0.25) is 0 Å². The zero-order chi connectivity index (χ0) is 13.8. The monoisotopic (exact) mass is 268 g/mol. The normalized spacial score (nSPS) is 10.3. The molecule has 2 rings (SSSR count). The van der Waals surface area contributed by atoms with Crippen LogP contribution in [0.25, 0.3) is 0 Å². The van der Waals surface area contributed by atoms with Crippen molar-refractivity contribution >= 4 is 5.97 Å². The second-order valence-electron chi connectivity index (χ2n) is 3.63. The molecule has 0 aliphatic heterocycles. The van der Waals surface area contributed by atoms with E-state index in [0.717, 1.165) is 6.07 Å². The molecule has 0 N–H and O–H groups in total. The first-order valence-electron chi connectivity index (χ1n) is 5.34. The van der Waals surface area contributed by atoms with E-state index in [1.165, 1.54) is 25.5 Å². The molecule has 0 radical (unpaired) electrons. The maximum Gasteiger partial charge on any atom is 0.374 e. The van der Waals surface area contributed by atoms with Gasteiger partial charge in [-0.2, -0.15) is 0 Å². The molecule has 1 aromatic heterocycles.